The van der Waals surface area contributed by atoms with Gasteiger partial charge in [-0.25, -0.2) is 4.98 Å². The number of nitrogens with one attached hydrogen (secondary N) is 2. The molecule has 0 saturated heterocycles. The molecule has 0 spiro atoms. The molecule has 3 N–H and O–H groups in total. The van der Waals surface area contributed by atoms with Gasteiger partial charge in [-0.1, -0.05) is 6.07 Å². The van der Waals surface area contributed by atoms with E-state index in [0.29, 0.717) is 28.5 Å². The first-order valence-electron chi connectivity index (χ1n) is 9.91. The SMILES string of the molecule is Cn1cc(NC(=O)c2cccc(-c3cn[nH]c3)n2)c(-c2ccc(OCC(C)(C)O)cn2)n1. The van der Waals surface area contributed by atoms with Crippen LogP contribution >= 0.6 is 0 Å². The van der Waals surface area contributed by atoms with Crippen LogP contribution in [0.1, 0.15) is 24.3 Å². The van der Waals surface area contributed by atoms with Crippen molar-refractivity contribution in [3.63, 3.8) is 0 Å². The van der Waals surface area contributed by atoms with Crippen molar-refractivity contribution in [2.75, 3.05) is 11.9 Å². The number of aryl methyl sites for hydroxylation is 1. The lowest BCUT2D eigenvalue weighted by Crippen LogP contribution is -2.27. The Hall–Kier alpha value is -4.05. The summed E-state index contributed by atoms with van der Waals surface area (Å²) in [6.45, 7) is 3.47. The van der Waals surface area contributed by atoms with E-state index in [9.17, 15) is 9.90 Å². The van der Waals surface area contributed by atoms with Gasteiger partial charge in [0, 0.05) is 25.0 Å². The average molecular weight is 433 g/mol. The Labute approximate surface area is 184 Å². The predicted molar refractivity (Wildman–Crippen MR) is 118 cm³/mol. The molecule has 0 aromatic carbocycles. The van der Waals surface area contributed by atoms with E-state index in [1.807, 2.05) is 6.07 Å². The highest BCUT2D eigenvalue weighted by molar-refractivity contribution is 6.04. The topological polar surface area (TPSA) is 131 Å². The first-order valence-corrected chi connectivity index (χ1v) is 9.91. The van der Waals surface area contributed by atoms with E-state index in [1.165, 1.54) is 0 Å². The van der Waals surface area contributed by atoms with E-state index in [0.717, 1.165) is 5.56 Å². The van der Waals surface area contributed by atoms with Crippen LogP contribution in [0.25, 0.3) is 22.6 Å². The number of nitrogens with zero attached hydrogens (tertiary/aromatic N) is 5. The summed E-state index contributed by atoms with van der Waals surface area (Å²) in [4.78, 5) is 21.7. The molecule has 4 rings (SSSR count). The van der Waals surface area contributed by atoms with E-state index < -0.39 is 5.60 Å². The van der Waals surface area contributed by atoms with Crippen molar-refractivity contribution < 1.29 is 14.6 Å². The Balaban J connectivity index is 1.53. The summed E-state index contributed by atoms with van der Waals surface area (Å²) in [5.74, 6) is 0.160. The van der Waals surface area contributed by atoms with Gasteiger partial charge in [0.1, 0.15) is 23.7 Å². The molecule has 4 heterocycles. The Bertz CT molecular complexity index is 1210. The first-order chi connectivity index (χ1) is 15.3. The Kier molecular flexibility index (Phi) is 5.69. The number of rotatable bonds is 7. The van der Waals surface area contributed by atoms with E-state index in [-0.39, 0.29) is 18.2 Å². The van der Waals surface area contributed by atoms with Crippen LogP contribution in [0.3, 0.4) is 0 Å². The van der Waals surface area contributed by atoms with Crippen LogP contribution in [0.15, 0.2) is 55.1 Å². The van der Waals surface area contributed by atoms with Gasteiger partial charge in [-0.15, -0.1) is 0 Å². The minimum absolute atomic E-state index is 0.143. The molecule has 1 amide bonds. The number of amides is 1. The number of aromatic amines is 1. The van der Waals surface area contributed by atoms with Crippen molar-refractivity contribution in [2.24, 2.45) is 7.05 Å². The third-order valence-corrected chi connectivity index (χ3v) is 4.42. The lowest BCUT2D eigenvalue weighted by Gasteiger charge is -2.17. The van der Waals surface area contributed by atoms with Crippen LogP contribution in [0, 0.1) is 0 Å². The minimum Gasteiger partial charge on any atom is -0.489 e. The number of pyridine rings is 2. The number of ether oxygens (including phenoxy) is 1. The number of aromatic nitrogens is 6. The Morgan fingerprint density at radius 3 is 2.75 bits per heavy atom. The van der Waals surface area contributed by atoms with Gasteiger partial charge in [-0.3, -0.25) is 19.6 Å². The smallest absolute Gasteiger partial charge is 0.274 e. The zero-order valence-electron chi connectivity index (χ0n) is 17.9. The van der Waals surface area contributed by atoms with E-state index in [1.54, 1.807) is 74.6 Å². The Morgan fingerprint density at radius 2 is 2.06 bits per heavy atom. The van der Waals surface area contributed by atoms with Gasteiger partial charge >= 0.3 is 0 Å². The standard InChI is InChI=1S/C22H23N7O3/c1-22(2,31)13-32-15-7-8-17(23-11-15)20-19(12-29(3)28-20)27-21(30)18-6-4-5-16(26-18)14-9-24-25-10-14/h4-12,31H,13H2,1-3H3,(H,24,25)(H,27,30). The summed E-state index contributed by atoms with van der Waals surface area (Å²) in [7, 11) is 1.76. The lowest BCUT2D eigenvalue weighted by molar-refractivity contribution is 0.0284. The van der Waals surface area contributed by atoms with E-state index in [4.69, 9.17) is 4.74 Å². The molecule has 164 valence electrons. The molecule has 0 saturated carbocycles. The number of H-pyrrole nitrogens is 1. The van der Waals surface area contributed by atoms with Crippen LogP contribution in [-0.2, 0) is 7.05 Å². The molecule has 0 radical (unpaired) electrons. The van der Waals surface area contributed by atoms with E-state index >= 15 is 0 Å². The second-order valence-corrected chi connectivity index (χ2v) is 7.89. The number of carbonyl (C=O) groups is 1. The summed E-state index contributed by atoms with van der Waals surface area (Å²) in [5, 5.41) is 23.7. The predicted octanol–water partition coefficient (Wildman–Crippen LogP) is 2.67. The molecule has 0 atom stereocenters. The fraction of sp³-hybridized carbons (Fsp3) is 0.227. The van der Waals surface area contributed by atoms with Crippen LogP contribution in [0.2, 0.25) is 0 Å². The second-order valence-electron chi connectivity index (χ2n) is 7.89. The van der Waals surface area contributed by atoms with Gasteiger partial charge in [-0.05, 0) is 38.1 Å². The average Bonchev–Trinajstić information content (AvgIpc) is 3.42. The maximum absolute atomic E-state index is 12.9. The quantitative estimate of drug-likeness (QED) is 0.408. The summed E-state index contributed by atoms with van der Waals surface area (Å²) in [6, 6.07) is 8.70. The van der Waals surface area contributed by atoms with Gasteiger partial charge in [0.15, 0.2) is 0 Å². The number of aliphatic hydroxyl groups is 1. The molecule has 4 aromatic rings. The third-order valence-electron chi connectivity index (χ3n) is 4.42. The summed E-state index contributed by atoms with van der Waals surface area (Å²) in [6.07, 6.45) is 6.61. The molecule has 0 aliphatic heterocycles. The minimum atomic E-state index is -0.944. The second kappa shape index (κ2) is 8.60. The highest BCUT2D eigenvalue weighted by atomic mass is 16.5. The number of hydrogen-bond donors (Lipinski definition) is 3. The molecule has 0 aliphatic rings. The molecule has 0 aliphatic carbocycles. The highest BCUT2D eigenvalue weighted by Gasteiger charge is 2.17. The fourth-order valence-electron chi connectivity index (χ4n) is 2.93. The zero-order chi connectivity index (χ0) is 22.7. The molecule has 4 aromatic heterocycles. The monoisotopic (exact) mass is 433 g/mol. The van der Waals surface area contributed by atoms with Crippen molar-refractivity contribution in [1.29, 1.82) is 0 Å². The lowest BCUT2D eigenvalue weighted by atomic mass is 10.2. The largest absolute Gasteiger partial charge is 0.489 e. The van der Waals surface area contributed by atoms with Gasteiger partial charge in [0.25, 0.3) is 5.91 Å². The van der Waals surface area contributed by atoms with Gasteiger partial charge in [-0.2, -0.15) is 10.2 Å². The third kappa shape index (κ3) is 4.98. The normalized spacial score (nSPS) is 11.4. The van der Waals surface area contributed by atoms with Crippen LogP contribution in [-0.4, -0.2) is 53.2 Å². The summed E-state index contributed by atoms with van der Waals surface area (Å²) >= 11 is 0. The number of carbonyl (C=O) groups excluding carboxylic acids is 1. The summed E-state index contributed by atoms with van der Waals surface area (Å²) < 4.78 is 7.14. The molecule has 10 nitrogen and oxygen atoms in total. The molecule has 0 unspecified atom stereocenters. The summed E-state index contributed by atoms with van der Waals surface area (Å²) in [5.41, 5.74) is 2.34. The van der Waals surface area contributed by atoms with Crippen molar-refractivity contribution in [2.45, 2.75) is 19.4 Å². The molecule has 32 heavy (non-hydrogen) atoms. The molecular formula is C22H23N7O3. The van der Waals surface area contributed by atoms with Crippen LogP contribution in [0.5, 0.6) is 5.75 Å². The van der Waals surface area contributed by atoms with Gasteiger partial charge in [0.05, 0.1) is 35.1 Å². The van der Waals surface area contributed by atoms with Crippen molar-refractivity contribution in [1.82, 2.24) is 29.9 Å². The van der Waals surface area contributed by atoms with Crippen molar-refractivity contribution >= 4 is 11.6 Å². The molecule has 0 fully saturated rings. The van der Waals surface area contributed by atoms with Crippen LogP contribution in [0.4, 0.5) is 5.69 Å². The fourth-order valence-corrected chi connectivity index (χ4v) is 2.93. The molecular weight excluding hydrogens is 410 g/mol. The maximum Gasteiger partial charge on any atom is 0.274 e. The van der Waals surface area contributed by atoms with Crippen LogP contribution < -0.4 is 10.1 Å². The zero-order valence-corrected chi connectivity index (χ0v) is 17.9. The maximum atomic E-state index is 12.9. The first kappa shape index (κ1) is 21.2. The molecule has 10 heteroatoms. The van der Waals surface area contributed by atoms with E-state index in [2.05, 4.69) is 30.6 Å². The number of hydrogen-bond acceptors (Lipinski definition) is 7. The Morgan fingerprint density at radius 1 is 1.22 bits per heavy atom. The van der Waals surface area contributed by atoms with Crippen molar-refractivity contribution in [3.8, 4) is 28.4 Å². The highest BCUT2D eigenvalue weighted by Crippen LogP contribution is 2.26. The molecule has 0 bridgehead atoms. The number of anilines is 1. The van der Waals surface area contributed by atoms with Crippen molar-refractivity contribution in [3.05, 3.63) is 60.8 Å². The van der Waals surface area contributed by atoms with Gasteiger partial charge in [0.2, 0.25) is 0 Å². The van der Waals surface area contributed by atoms with Gasteiger partial charge < -0.3 is 15.2 Å².